The highest BCUT2D eigenvalue weighted by Gasteiger charge is 1.97. The smallest absolute Gasteiger partial charge is 0.120 e. The van der Waals surface area contributed by atoms with Crippen molar-refractivity contribution >= 4 is 6.29 Å². The van der Waals surface area contributed by atoms with Gasteiger partial charge in [-0.2, -0.15) is 5.10 Å². The molecule has 0 aliphatic carbocycles. The van der Waals surface area contributed by atoms with Crippen LogP contribution in [0.25, 0.3) is 5.69 Å². The Morgan fingerprint density at radius 2 is 2.06 bits per heavy atom. The fourth-order valence-corrected chi connectivity index (χ4v) is 1.63. The maximum Gasteiger partial charge on any atom is 0.120 e. The highest BCUT2D eigenvalue weighted by molar-refractivity contribution is 5.49. The van der Waals surface area contributed by atoms with Crippen molar-refractivity contribution in [1.29, 1.82) is 0 Å². The highest BCUT2D eigenvalue weighted by Crippen LogP contribution is 2.10. The minimum Gasteiger partial charge on any atom is -0.303 e. The van der Waals surface area contributed by atoms with Crippen LogP contribution in [0.4, 0.5) is 0 Å². The Morgan fingerprint density at radius 1 is 1.25 bits per heavy atom. The van der Waals surface area contributed by atoms with Gasteiger partial charge in [0.2, 0.25) is 0 Å². The van der Waals surface area contributed by atoms with Crippen LogP contribution >= 0.6 is 0 Å². The summed E-state index contributed by atoms with van der Waals surface area (Å²) in [5.74, 6) is 0. The number of hydrogen-bond donors (Lipinski definition) is 0. The molecule has 2 aromatic rings. The van der Waals surface area contributed by atoms with Gasteiger partial charge in [-0.05, 0) is 36.6 Å². The van der Waals surface area contributed by atoms with Gasteiger partial charge in [-0.15, -0.1) is 0 Å². The monoisotopic (exact) mass is 214 g/mol. The number of aldehydes is 1. The van der Waals surface area contributed by atoms with Gasteiger partial charge in [-0.25, -0.2) is 4.68 Å². The Kier molecular flexibility index (Phi) is 3.49. The molecule has 3 nitrogen and oxygen atoms in total. The molecule has 0 aliphatic heterocycles. The summed E-state index contributed by atoms with van der Waals surface area (Å²) in [6.45, 7) is 0. The van der Waals surface area contributed by atoms with Gasteiger partial charge in [0.1, 0.15) is 6.29 Å². The Labute approximate surface area is 94.7 Å². The van der Waals surface area contributed by atoms with E-state index in [1.165, 1.54) is 5.56 Å². The molecule has 82 valence electrons. The van der Waals surface area contributed by atoms with E-state index in [0.717, 1.165) is 24.8 Å². The Morgan fingerprint density at radius 3 is 2.69 bits per heavy atom. The number of aromatic nitrogens is 2. The van der Waals surface area contributed by atoms with Crippen molar-refractivity contribution in [3.8, 4) is 5.69 Å². The molecular weight excluding hydrogens is 200 g/mol. The Hall–Kier alpha value is -1.90. The van der Waals surface area contributed by atoms with Gasteiger partial charge in [0.25, 0.3) is 0 Å². The summed E-state index contributed by atoms with van der Waals surface area (Å²) in [4.78, 5) is 10.2. The standard InChI is InChI=1S/C13H14N2O/c16-11-2-1-4-12-5-7-13(8-6-12)15-10-3-9-14-15/h3,5-11H,1-2,4H2. The summed E-state index contributed by atoms with van der Waals surface area (Å²) >= 11 is 0. The first-order valence-electron chi connectivity index (χ1n) is 5.43. The van der Waals surface area contributed by atoms with E-state index in [1.54, 1.807) is 6.20 Å². The zero-order valence-electron chi connectivity index (χ0n) is 9.04. The fraction of sp³-hybridized carbons (Fsp3) is 0.231. The van der Waals surface area contributed by atoms with E-state index in [2.05, 4.69) is 17.2 Å². The van der Waals surface area contributed by atoms with Crippen LogP contribution < -0.4 is 0 Å². The van der Waals surface area contributed by atoms with Crippen LogP contribution in [0.1, 0.15) is 18.4 Å². The zero-order valence-corrected chi connectivity index (χ0v) is 9.04. The summed E-state index contributed by atoms with van der Waals surface area (Å²) in [7, 11) is 0. The van der Waals surface area contributed by atoms with E-state index < -0.39 is 0 Å². The lowest BCUT2D eigenvalue weighted by Gasteiger charge is -2.03. The largest absolute Gasteiger partial charge is 0.303 e. The van der Waals surface area contributed by atoms with Gasteiger partial charge in [0.05, 0.1) is 5.69 Å². The first-order chi connectivity index (χ1) is 7.90. The first kappa shape index (κ1) is 10.6. The van der Waals surface area contributed by atoms with E-state index in [-0.39, 0.29) is 0 Å². The molecule has 3 heteroatoms. The quantitative estimate of drug-likeness (QED) is 0.566. The van der Waals surface area contributed by atoms with Gasteiger partial charge < -0.3 is 4.79 Å². The van der Waals surface area contributed by atoms with Gasteiger partial charge in [0, 0.05) is 18.8 Å². The molecule has 0 saturated heterocycles. The SMILES string of the molecule is O=CCCCc1ccc(-n2cccn2)cc1. The highest BCUT2D eigenvalue weighted by atomic mass is 16.1. The van der Waals surface area contributed by atoms with Gasteiger partial charge in [0.15, 0.2) is 0 Å². The van der Waals surface area contributed by atoms with Gasteiger partial charge >= 0.3 is 0 Å². The average Bonchev–Trinajstić information content (AvgIpc) is 2.84. The molecule has 1 aromatic heterocycles. The molecule has 16 heavy (non-hydrogen) atoms. The van der Waals surface area contributed by atoms with Crippen molar-refractivity contribution in [1.82, 2.24) is 9.78 Å². The number of benzene rings is 1. The van der Waals surface area contributed by atoms with Crippen molar-refractivity contribution in [2.75, 3.05) is 0 Å². The summed E-state index contributed by atoms with van der Waals surface area (Å²) in [6, 6.07) is 10.2. The number of hydrogen-bond acceptors (Lipinski definition) is 2. The second-order valence-corrected chi connectivity index (χ2v) is 3.68. The second kappa shape index (κ2) is 5.26. The molecule has 0 N–H and O–H groups in total. The van der Waals surface area contributed by atoms with E-state index in [9.17, 15) is 4.79 Å². The van der Waals surface area contributed by atoms with E-state index >= 15 is 0 Å². The molecule has 0 bridgehead atoms. The van der Waals surface area contributed by atoms with Gasteiger partial charge in [-0.3, -0.25) is 0 Å². The van der Waals surface area contributed by atoms with Crippen LogP contribution in [0.15, 0.2) is 42.7 Å². The van der Waals surface area contributed by atoms with Crippen molar-refractivity contribution in [3.63, 3.8) is 0 Å². The Bertz CT molecular complexity index is 431. The van der Waals surface area contributed by atoms with Crippen LogP contribution in [-0.4, -0.2) is 16.1 Å². The molecule has 0 saturated carbocycles. The third-order valence-electron chi connectivity index (χ3n) is 2.49. The molecule has 1 aromatic carbocycles. The summed E-state index contributed by atoms with van der Waals surface area (Å²) in [5.41, 5.74) is 2.32. The van der Waals surface area contributed by atoms with Crippen molar-refractivity contribution < 1.29 is 4.79 Å². The lowest BCUT2D eigenvalue weighted by atomic mass is 10.1. The lowest BCUT2D eigenvalue weighted by molar-refractivity contribution is -0.107. The van der Waals surface area contributed by atoms with Crippen LogP contribution in [-0.2, 0) is 11.2 Å². The first-order valence-corrected chi connectivity index (χ1v) is 5.43. The fourth-order valence-electron chi connectivity index (χ4n) is 1.63. The van der Waals surface area contributed by atoms with E-state index in [1.807, 2.05) is 29.1 Å². The number of rotatable bonds is 5. The third kappa shape index (κ3) is 2.57. The summed E-state index contributed by atoms with van der Waals surface area (Å²) in [5, 5.41) is 4.16. The molecule has 0 unspecified atom stereocenters. The normalized spacial score (nSPS) is 10.2. The van der Waals surface area contributed by atoms with E-state index in [0.29, 0.717) is 6.42 Å². The lowest BCUT2D eigenvalue weighted by Crippen LogP contribution is -1.94. The van der Waals surface area contributed by atoms with Crippen molar-refractivity contribution in [2.24, 2.45) is 0 Å². The number of carbonyl (C=O) groups is 1. The van der Waals surface area contributed by atoms with Crippen LogP contribution in [0.5, 0.6) is 0 Å². The molecule has 0 amide bonds. The molecule has 0 radical (unpaired) electrons. The molecule has 0 atom stereocenters. The number of unbranched alkanes of at least 4 members (excludes halogenated alkanes) is 1. The van der Waals surface area contributed by atoms with E-state index in [4.69, 9.17) is 0 Å². The summed E-state index contributed by atoms with van der Waals surface area (Å²) in [6.07, 6.45) is 7.17. The van der Waals surface area contributed by atoms with Crippen LogP contribution in [0.2, 0.25) is 0 Å². The molecule has 0 spiro atoms. The van der Waals surface area contributed by atoms with Crippen LogP contribution in [0.3, 0.4) is 0 Å². The molecule has 0 fully saturated rings. The number of carbonyl (C=O) groups excluding carboxylic acids is 1. The van der Waals surface area contributed by atoms with Gasteiger partial charge in [-0.1, -0.05) is 12.1 Å². The second-order valence-electron chi connectivity index (χ2n) is 3.68. The van der Waals surface area contributed by atoms with Crippen molar-refractivity contribution in [2.45, 2.75) is 19.3 Å². The molecular formula is C13H14N2O. The zero-order chi connectivity index (χ0) is 11.2. The Balaban J connectivity index is 2.02. The number of nitrogens with zero attached hydrogens (tertiary/aromatic N) is 2. The third-order valence-corrected chi connectivity index (χ3v) is 2.49. The average molecular weight is 214 g/mol. The topological polar surface area (TPSA) is 34.9 Å². The molecule has 2 rings (SSSR count). The number of aryl methyl sites for hydroxylation is 1. The minimum absolute atomic E-state index is 0.640. The molecule has 1 heterocycles. The predicted molar refractivity (Wildman–Crippen MR) is 62.6 cm³/mol. The predicted octanol–water partition coefficient (Wildman–Crippen LogP) is 2.39. The molecule has 0 aliphatic rings. The van der Waals surface area contributed by atoms with Crippen LogP contribution in [0, 0.1) is 0 Å². The van der Waals surface area contributed by atoms with Crippen molar-refractivity contribution in [3.05, 3.63) is 48.3 Å². The summed E-state index contributed by atoms with van der Waals surface area (Å²) < 4.78 is 1.83. The maximum absolute atomic E-state index is 10.2. The maximum atomic E-state index is 10.2. The minimum atomic E-state index is 0.640.